The van der Waals surface area contributed by atoms with Gasteiger partial charge in [-0.3, -0.25) is 14.5 Å². The number of rotatable bonds is 7. The molecule has 2 aliphatic heterocycles. The van der Waals surface area contributed by atoms with Gasteiger partial charge in [-0.25, -0.2) is 20.5 Å². The minimum atomic E-state index is -0.631. The zero-order chi connectivity index (χ0) is 25.3. The maximum absolute atomic E-state index is 12.8. The second-order valence-corrected chi connectivity index (χ2v) is 10.1. The summed E-state index contributed by atoms with van der Waals surface area (Å²) in [5.74, 6) is -0.267. The monoisotopic (exact) mass is 490 g/mol. The van der Waals surface area contributed by atoms with Crippen molar-refractivity contribution in [2.45, 2.75) is 71.1 Å². The Balaban J connectivity index is 1.42. The number of hydroxylamine groups is 2. The van der Waals surface area contributed by atoms with Crippen molar-refractivity contribution < 1.29 is 28.8 Å². The van der Waals surface area contributed by atoms with Crippen LogP contribution in [-0.4, -0.2) is 65.7 Å². The van der Waals surface area contributed by atoms with Crippen LogP contribution in [0.2, 0.25) is 0 Å². The van der Waals surface area contributed by atoms with E-state index in [9.17, 15) is 14.4 Å². The third-order valence-electron chi connectivity index (χ3n) is 5.97. The van der Waals surface area contributed by atoms with E-state index in [4.69, 9.17) is 14.4 Å². The number of urea groups is 1. The predicted molar refractivity (Wildman–Crippen MR) is 129 cm³/mol. The molecular weight excluding hydrogens is 452 g/mol. The molecule has 2 heterocycles. The second kappa shape index (κ2) is 12.7. The normalized spacial score (nSPS) is 20.8. The summed E-state index contributed by atoms with van der Waals surface area (Å²) in [6.07, 6.45) is 3.63. The SMILES string of the molecule is CC(C)(C)OC(=O)N1CCCC(CONC(=O)[C@@H]2CCCCN2C(=O)NOCc2ccccc2)C1. The summed E-state index contributed by atoms with van der Waals surface area (Å²) in [5.41, 5.74) is 5.34. The smallest absolute Gasteiger partial charge is 0.410 e. The van der Waals surface area contributed by atoms with Crippen molar-refractivity contribution in [3.05, 3.63) is 35.9 Å². The van der Waals surface area contributed by atoms with Crippen LogP contribution in [0.15, 0.2) is 30.3 Å². The van der Waals surface area contributed by atoms with Gasteiger partial charge in [0, 0.05) is 25.6 Å². The number of likely N-dealkylation sites (tertiary alicyclic amines) is 2. The van der Waals surface area contributed by atoms with Crippen LogP contribution < -0.4 is 11.0 Å². The lowest BCUT2D eigenvalue weighted by atomic mass is 9.99. The molecule has 0 bridgehead atoms. The Morgan fingerprint density at radius 2 is 1.74 bits per heavy atom. The number of benzene rings is 1. The summed E-state index contributed by atoms with van der Waals surface area (Å²) in [7, 11) is 0. The first-order valence-electron chi connectivity index (χ1n) is 12.3. The van der Waals surface area contributed by atoms with Crippen molar-refractivity contribution in [3.8, 4) is 0 Å². The number of ether oxygens (including phenoxy) is 1. The van der Waals surface area contributed by atoms with Crippen LogP contribution in [0.3, 0.4) is 0 Å². The number of nitrogens with zero attached hydrogens (tertiary/aromatic N) is 2. The molecular formula is C25H38N4O6. The van der Waals surface area contributed by atoms with E-state index in [0.717, 1.165) is 31.2 Å². The van der Waals surface area contributed by atoms with E-state index in [2.05, 4.69) is 11.0 Å². The van der Waals surface area contributed by atoms with Gasteiger partial charge in [0.2, 0.25) is 0 Å². The van der Waals surface area contributed by atoms with Gasteiger partial charge in [0.25, 0.3) is 5.91 Å². The van der Waals surface area contributed by atoms with Crippen LogP contribution in [0, 0.1) is 5.92 Å². The van der Waals surface area contributed by atoms with Gasteiger partial charge in [0.15, 0.2) is 0 Å². The number of carbonyl (C=O) groups excluding carboxylic acids is 3. The molecule has 1 aromatic rings. The van der Waals surface area contributed by atoms with E-state index < -0.39 is 17.7 Å². The standard InChI is InChI=1S/C25H38N4O6/c1-25(2,3)35-24(32)28-14-9-12-20(16-28)18-33-26-22(30)21-13-7-8-15-29(21)23(31)27-34-17-19-10-5-4-6-11-19/h4-6,10-11,20-21H,7-9,12-18H2,1-3H3,(H,26,30)(H,27,31)/t20?,21-/m0/s1. The van der Waals surface area contributed by atoms with Gasteiger partial charge in [-0.15, -0.1) is 0 Å². The molecule has 0 spiro atoms. The third-order valence-corrected chi connectivity index (χ3v) is 5.97. The number of hydrogen-bond donors (Lipinski definition) is 2. The summed E-state index contributed by atoms with van der Waals surface area (Å²) in [5, 5.41) is 0. The van der Waals surface area contributed by atoms with Gasteiger partial charge in [-0.05, 0) is 58.4 Å². The molecule has 35 heavy (non-hydrogen) atoms. The first-order valence-corrected chi connectivity index (χ1v) is 12.3. The van der Waals surface area contributed by atoms with Crippen LogP contribution in [0.25, 0.3) is 0 Å². The van der Waals surface area contributed by atoms with Crippen molar-refractivity contribution in [3.63, 3.8) is 0 Å². The maximum Gasteiger partial charge on any atom is 0.410 e. The molecule has 2 saturated heterocycles. The van der Waals surface area contributed by atoms with Gasteiger partial charge in [-0.2, -0.15) is 0 Å². The summed E-state index contributed by atoms with van der Waals surface area (Å²) in [6.45, 7) is 7.68. The van der Waals surface area contributed by atoms with Gasteiger partial charge in [0.05, 0.1) is 13.2 Å². The fourth-order valence-corrected chi connectivity index (χ4v) is 4.25. The van der Waals surface area contributed by atoms with E-state index in [0.29, 0.717) is 26.1 Å². The summed E-state index contributed by atoms with van der Waals surface area (Å²) >= 11 is 0. The first kappa shape index (κ1) is 26.7. The second-order valence-electron chi connectivity index (χ2n) is 10.1. The van der Waals surface area contributed by atoms with Crippen LogP contribution >= 0.6 is 0 Å². The number of piperidine rings is 2. The molecule has 4 amide bonds. The number of hydrogen-bond acceptors (Lipinski definition) is 6. The largest absolute Gasteiger partial charge is 0.444 e. The highest BCUT2D eigenvalue weighted by Crippen LogP contribution is 2.20. The van der Waals surface area contributed by atoms with Crippen LogP contribution in [0.4, 0.5) is 9.59 Å². The van der Waals surface area contributed by atoms with Crippen molar-refractivity contribution in [2.75, 3.05) is 26.2 Å². The summed E-state index contributed by atoms with van der Waals surface area (Å²) < 4.78 is 5.46. The molecule has 10 nitrogen and oxygen atoms in total. The van der Waals surface area contributed by atoms with Crippen LogP contribution in [0.1, 0.15) is 58.4 Å². The Hall–Kier alpha value is -2.85. The van der Waals surface area contributed by atoms with Gasteiger partial charge >= 0.3 is 12.1 Å². The zero-order valence-electron chi connectivity index (χ0n) is 21.0. The zero-order valence-corrected chi connectivity index (χ0v) is 21.0. The molecule has 1 aromatic carbocycles. The van der Waals surface area contributed by atoms with Crippen molar-refractivity contribution >= 4 is 18.0 Å². The summed E-state index contributed by atoms with van der Waals surface area (Å²) in [4.78, 5) is 51.8. The predicted octanol–water partition coefficient (Wildman–Crippen LogP) is 3.38. The Morgan fingerprint density at radius 3 is 2.49 bits per heavy atom. The van der Waals surface area contributed by atoms with E-state index in [-0.39, 0.29) is 31.1 Å². The van der Waals surface area contributed by atoms with Crippen LogP contribution in [0.5, 0.6) is 0 Å². The Morgan fingerprint density at radius 1 is 0.971 bits per heavy atom. The average molecular weight is 491 g/mol. The molecule has 194 valence electrons. The Labute approximate surface area is 207 Å². The van der Waals surface area contributed by atoms with Crippen LogP contribution in [-0.2, 0) is 25.8 Å². The fraction of sp³-hybridized carbons (Fsp3) is 0.640. The molecule has 3 rings (SSSR count). The highest BCUT2D eigenvalue weighted by molar-refractivity contribution is 5.86. The molecule has 2 atom stereocenters. The van der Waals surface area contributed by atoms with Gasteiger partial charge in [-0.1, -0.05) is 30.3 Å². The maximum atomic E-state index is 12.8. The summed E-state index contributed by atoms with van der Waals surface area (Å²) in [6, 6.07) is 8.43. The number of amides is 4. The quantitative estimate of drug-likeness (QED) is 0.567. The van der Waals surface area contributed by atoms with Crippen molar-refractivity contribution in [1.82, 2.24) is 20.8 Å². The van der Waals surface area contributed by atoms with E-state index in [1.165, 1.54) is 4.90 Å². The minimum Gasteiger partial charge on any atom is -0.444 e. The van der Waals surface area contributed by atoms with Crippen molar-refractivity contribution in [1.29, 1.82) is 0 Å². The Bertz CT molecular complexity index is 844. The lowest BCUT2D eigenvalue weighted by Gasteiger charge is -2.35. The molecule has 2 N–H and O–H groups in total. The highest BCUT2D eigenvalue weighted by atomic mass is 16.7. The average Bonchev–Trinajstić information content (AvgIpc) is 2.84. The molecule has 0 saturated carbocycles. The number of nitrogens with one attached hydrogen (secondary N) is 2. The molecule has 0 radical (unpaired) electrons. The number of carbonyl (C=O) groups is 3. The molecule has 2 fully saturated rings. The Kier molecular flexibility index (Phi) is 9.73. The molecule has 10 heteroatoms. The van der Waals surface area contributed by atoms with Crippen molar-refractivity contribution in [2.24, 2.45) is 5.92 Å². The molecule has 1 unspecified atom stereocenters. The molecule has 2 aliphatic rings. The van der Waals surface area contributed by atoms with Gasteiger partial charge < -0.3 is 14.5 Å². The molecule has 0 aliphatic carbocycles. The van der Waals surface area contributed by atoms with Gasteiger partial charge in [0.1, 0.15) is 11.6 Å². The lowest BCUT2D eigenvalue weighted by molar-refractivity contribution is -0.141. The van der Waals surface area contributed by atoms with E-state index >= 15 is 0 Å². The fourth-order valence-electron chi connectivity index (χ4n) is 4.25. The highest BCUT2D eigenvalue weighted by Gasteiger charge is 2.33. The third kappa shape index (κ3) is 8.70. The minimum absolute atomic E-state index is 0.0914. The van der Waals surface area contributed by atoms with E-state index in [1.807, 2.05) is 51.1 Å². The van der Waals surface area contributed by atoms with E-state index in [1.54, 1.807) is 4.90 Å². The topological polar surface area (TPSA) is 109 Å². The molecule has 0 aromatic heterocycles. The lowest BCUT2D eigenvalue weighted by Crippen LogP contribution is -2.55. The first-order chi connectivity index (χ1) is 16.7.